The average Bonchev–Trinajstić information content (AvgIpc) is 3.48. The van der Waals surface area contributed by atoms with Gasteiger partial charge < -0.3 is 30.2 Å². The Kier molecular flexibility index (Phi) is 13.9. The van der Waals surface area contributed by atoms with Crippen LogP contribution >= 0.6 is 0 Å². The fourth-order valence-corrected chi connectivity index (χ4v) is 7.08. The molecule has 0 unspecified atom stereocenters. The number of hydroxylamine groups is 2. The van der Waals surface area contributed by atoms with Crippen LogP contribution in [0.5, 0.6) is 0 Å². The molecule has 310 valence electrons. The zero-order valence-electron chi connectivity index (χ0n) is 30.6. The van der Waals surface area contributed by atoms with E-state index in [0.717, 1.165) is 0 Å². The van der Waals surface area contributed by atoms with E-state index in [1.54, 1.807) is 9.80 Å². The van der Waals surface area contributed by atoms with Crippen molar-refractivity contribution >= 4 is 53.2 Å². The Balaban J connectivity index is 1.13. The van der Waals surface area contributed by atoms with Gasteiger partial charge in [-0.3, -0.25) is 24.0 Å². The van der Waals surface area contributed by atoms with E-state index in [1.807, 2.05) is 15.5 Å². The quantitative estimate of drug-likeness (QED) is 0.159. The summed E-state index contributed by atoms with van der Waals surface area (Å²) in [7, 11) is 0. The summed E-state index contributed by atoms with van der Waals surface area (Å²) < 4.78 is 76.8. The molecular weight excluding hydrogens is 760 g/mol. The van der Waals surface area contributed by atoms with E-state index >= 15 is 0 Å². The SMILES string of the molecule is O=C(CCCCCCC(=O)C1CCN(c2nc(N3CCC(NC(=O)C(F)(F)F)CC3)nc(N3CCC(NC(=O)C(F)(F)F)CC3)n2)CC1)ON1C(=O)CCC1=O. The van der Waals surface area contributed by atoms with E-state index < -0.39 is 54.0 Å². The second-order valence-corrected chi connectivity index (χ2v) is 14.4. The Morgan fingerprint density at radius 3 is 1.36 bits per heavy atom. The van der Waals surface area contributed by atoms with Crippen LogP contribution in [0.1, 0.15) is 89.9 Å². The van der Waals surface area contributed by atoms with Gasteiger partial charge in [-0.05, 0) is 51.4 Å². The molecule has 1 aromatic rings. The number of amides is 4. The van der Waals surface area contributed by atoms with Crippen LogP contribution in [0.3, 0.4) is 0 Å². The molecular formula is C34H45F6N9O7. The molecule has 4 saturated heterocycles. The molecule has 16 nitrogen and oxygen atoms in total. The largest absolute Gasteiger partial charge is 0.471 e. The van der Waals surface area contributed by atoms with E-state index in [4.69, 9.17) is 4.84 Å². The number of alkyl halides is 6. The number of hydrogen-bond donors (Lipinski definition) is 2. The first-order valence-corrected chi connectivity index (χ1v) is 18.8. The second-order valence-electron chi connectivity index (χ2n) is 14.4. The van der Waals surface area contributed by atoms with Crippen LogP contribution < -0.4 is 25.3 Å². The first-order chi connectivity index (χ1) is 26.5. The highest BCUT2D eigenvalue weighted by atomic mass is 19.4. The predicted octanol–water partition coefficient (Wildman–Crippen LogP) is 2.90. The molecule has 22 heteroatoms. The third-order valence-corrected chi connectivity index (χ3v) is 10.3. The number of hydrogen-bond acceptors (Lipinski definition) is 13. The number of carbonyl (C=O) groups excluding carboxylic acids is 6. The highest BCUT2D eigenvalue weighted by Gasteiger charge is 2.41. The van der Waals surface area contributed by atoms with Gasteiger partial charge >= 0.3 is 30.1 Å². The van der Waals surface area contributed by atoms with Gasteiger partial charge in [-0.1, -0.05) is 12.8 Å². The number of nitrogens with zero attached hydrogens (tertiary/aromatic N) is 7. The van der Waals surface area contributed by atoms with Crippen LogP contribution in [-0.4, -0.2) is 119 Å². The maximum atomic E-state index is 13.1. The maximum absolute atomic E-state index is 13.1. The Hall–Kier alpha value is -4.79. The highest BCUT2D eigenvalue weighted by molar-refractivity contribution is 6.01. The fourth-order valence-electron chi connectivity index (χ4n) is 7.08. The van der Waals surface area contributed by atoms with Gasteiger partial charge in [-0.25, -0.2) is 4.79 Å². The topological polar surface area (TPSA) is 187 Å². The number of anilines is 3. The van der Waals surface area contributed by atoms with Crippen molar-refractivity contribution in [1.82, 2.24) is 30.6 Å². The van der Waals surface area contributed by atoms with Gasteiger partial charge in [0.2, 0.25) is 17.8 Å². The van der Waals surface area contributed by atoms with Crippen molar-refractivity contribution in [3.63, 3.8) is 0 Å². The van der Waals surface area contributed by atoms with E-state index in [2.05, 4.69) is 15.0 Å². The number of aromatic nitrogens is 3. The van der Waals surface area contributed by atoms with Crippen LogP contribution in [0, 0.1) is 5.92 Å². The summed E-state index contributed by atoms with van der Waals surface area (Å²) in [6, 6.07) is -1.40. The summed E-state index contributed by atoms with van der Waals surface area (Å²) in [5, 5.41) is 4.54. The summed E-state index contributed by atoms with van der Waals surface area (Å²) >= 11 is 0. The molecule has 0 bridgehead atoms. The number of halogens is 6. The minimum Gasteiger partial charge on any atom is -0.345 e. The van der Waals surface area contributed by atoms with E-state index in [-0.39, 0.29) is 94.7 Å². The predicted molar refractivity (Wildman–Crippen MR) is 184 cm³/mol. The van der Waals surface area contributed by atoms with Crippen molar-refractivity contribution in [2.75, 3.05) is 54.0 Å². The molecule has 4 amide bonds. The Bertz CT molecular complexity index is 1520. The van der Waals surface area contributed by atoms with Crippen LogP contribution in [0.25, 0.3) is 0 Å². The first-order valence-electron chi connectivity index (χ1n) is 18.8. The molecule has 2 N–H and O–H groups in total. The third kappa shape index (κ3) is 11.6. The van der Waals surface area contributed by atoms with Gasteiger partial charge in [0.05, 0.1) is 0 Å². The maximum Gasteiger partial charge on any atom is 0.471 e. The van der Waals surface area contributed by atoms with Crippen molar-refractivity contribution in [1.29, 1.82) is 0 Å². The highest BCUT2D eigenvalue weighted by Crippen LogP contribution is 2.29. The molecule has 4 aliphatic heterocycles. The summed E-state index contributed by atoms with van der Waals surface area (Å²) in [5.41, 5.74) is 0. The number of carbonyl (C=O) groups is 6. The van der Waals surface area contributed by atoms with Gasteiger partial charge in [0.1, 0.15) is 5.78 Å². The summed E-state index contributed by atoms with van der Waals surface area (Å²) in [4.78, 5) is 95.4. The molecule has 0 spiro atoms. The summed E-state index contributed by atoms with van der Waals surface area (Å²) in [5.74, 6) is -5.00. The Morgan fingerprint density at radius 1 is 0.589 bits per heavy atom. The smallest absolute Gasteiger partial charge is 0.345 e. The first kappa shape index (κ1) is 42.4. The number of nitrogens with one attached hydrogen (secondary N) is 2. The van der Waals surface area contributed by atoms with Crippen LogP contribution in [0.15, 0.2) is 0 Å². The number of imide groups is 1. The standard InChI is InChI=1S/C34H45F6N9O7/c35-33(36,37)28(54)41-22-11-17-47(18-12-22)31-43-30(44-32(45-31)48-19-13-23(14-20-48)42-29(55)34(38,39)40)46-15-9-21(10-16-46)24(50)5-3-1-2-4-6-27(53)56-49-25(51)7-8-26(49)52/h21-23H,1-20H2,(H,41,54)(H,42,55). The molecule has 5 heterocycles. The van der Waals surface area contributed by atoms with Crippen molar-refractivity contribution in [2.24, 2.45) is 5.92 Å². The van der Waals surface area contributed by atoms with Crippen molar-refractivity contribution in [2.45, 2.75) is 114 Å². The number of Topliss-reactive ketones (excluding diaryl/α,β-unsaturated/α-hetero) is 1. The van der Waals surface area contributed by atoms with Crippen LogP contribution in [-0.2, 0) is 33.6 Å². The fraction of sp³-hybridized carbons (Fsp3) is 0.735. The molecule has 1 aromatic heterocycles. The van der Waals surface area contributed by atoms with Crippen LogP contribution in [0.4, 0.5) is 44.2 Å². The van der Waals surface area contributed by atoms with E-state index in [9.17, 15) is 55.1 Å². The third-order valence-electron chi connectivity index (χ3n) is 10.3. The van der Waals surface area contributed by atoms with Crippen molar-refractivity contribution in [3.05, 3.63) is 0 Å². The van der Waals surface area contributed by atoms with Crippen molar-refractivity contribution in [3.8, 4) is 0 Å². The lowest BCUT2D eigenvalue weighted by atomic mass is 9.90. The van der Waals surface area contributed by atoms with Crippen LogP contribution in [0.2, 0.25) is 0 Å². The Labute approximate surface area is 318 Å². The molecule has 56 heavy (non-hydrogen) atoms. The van der Waals surface area contributed by atoms with Gasteiger partial charge in [0, 0.05) is 83.0 Å². The minimum atomic E-state index is -5.00. The number of unbranched alkanes of at least 4 members (excludes halogenated alkanes) is 3. The minimum absolute atomic E-state index is 0.0209. The number of ketones is 1. The molecule has 4 fully saturated rings. The average molecular weight is 806 g/mol. The van der Waals surface area contributed by atoms with E-state index in [1.165, 1.54) is 0 Å². The monoisotopic (exact) mass is 805 g/mol. The summed E-state index contributed by atoms with van der Waals surface area (Å²) in [6.45, 7) is 1.83. The number of piperidine rings is 3. The van der Waals surface area contributed by atoms with Crippen molar-refractivity contribution < 1.29 is 59.9 Å². The van der Waals surface area contributed by atoms with Gasteiger partial charge in [-0.15, -0.1) is 5.06 Å². The molecule has 0 aliphatic carbocycles. The van der Waals surface area contributed by atoms with E-state index in [0.29, 0.717) is 69.0 Å². The molecule has 5 rings (SSSR count). The Morgan fingerprint density at radius 2 is 0.964 bits per heavy atom. The zero-order chi connectivity index (χ0) is 40.6. The molecule has 0 saturated carbocycles. The number of rotatable bonds is 14. The lowest BCUT2D eigenvalue weighted by Crippen LogP contribution is -2.49. The normalized spacial score (nSPS) is 19.4. The molecule has 0 atom stereocenters. The second kappa shape index (κ2) is 18.4. The van der Waals surface area contributed by atoms with Gasteiger partial charge in [0.25, 0.3) is 11.8 Å². The molecule has 0 aromatic carbocycles. The lowest BCUT2D eigenvalue weighted by molar-refractivity contribution is -0.197. The lowest BCUT2D eigenvalue weighted by Gasteiger charge is -2.36. The van der Waals surface area contributed by atoms with Gasteiger partial charge in [-0.2, -0.15) is 41.3 Å². The molecule has 4 aliphatic rings. The van der Waals surface area contributed by atoms with Gasteiger partial charge in [0.15, 0.2) is 0 Å². The zero-order valence-corrected chi connectivity index (χ0v) is 30.6. The molecule has 0 radical (unpaired) electrons. The summed E-state index contributed by atoms with van der Waals surface area (Å²) in [6.07, 6.45) is -5.22.